The molecule has 4 fully saturated rings. The zero-order valence-electron chi connectivity index (χ0n) is 29.5. The Hall–Kier alpha value is -3.86. The molecule has 2 aliphatic heterocycles. The molecule has 7 rings (SSSR count). The summed E-state index contributed by atoms with van der Waals surface area (Å²) in [6.07, 6.45) is 3.15. The number of hydrogen-bond acceptors (Lipinski definition) is 12. The number of alkyl carbamates (subject to hydrolysis) is 1. The molecule has 15 nitrogen and oxygen atoms in total. The highest BCUT2D eigenvalue weighted by molar-refractivity contribution is 7.99. The predicted octanol–water partition coefficient (Wildman–Crippen LogP) is 3.64. The Morgan fingerprint density at radius 1 is 1.12 bits per heavy atom. The molecule has 52 heavy (non-hydrogen) atoms. The number of primary amides is 1. The molecule has 1 unspecified atom stereocenters. The number of ether oxygens (including phenoxy) is 4. The predicted molar refractivity (Wildman–Crippen MR) is 191 cm³/mol. The van der Waals surface area contributed by atoms with Gasteiger partial charge >= 0.3 is 6.09 Å². The molecule has 3 amide bonds. The van der Waals surface area contributed by atoms with Gasteiger partial charge in [0.1, 0.15) is 58.8 Å². The first kappa shape index (κ1) is 36.5. The number of halogens is 1. The summed E-state index contributed by atoms with van der Waals surface area (Å²) in [4.78, 5) is 51.4. The zero-order valence-corrected chi connectivity index (χ0v) is 31.1. The zero-order chi connectivity index (χ0) is 36.6. The van der Waals surface area contributed by atoms with Gasteiger partial charge < -0.3 is 39.9 Å². The minimum absolute atomic E-state index is 0.0621. The fourth-order valence-corrected chi connectivity index (χ4v) is 8.31. The summed E-state index contributed by atoms with van der Waals surface area (Å²) in [6, 6.07) is 3.46. The van der Waals surface area contributed by atoms with Crippen molar-refractivity contribution in [1.29, 1.82) is 0 Å². The first-order valence-electron chi connectivity index (χ1n) is 17.8. The molecule has 2 aliphatic carbocycles. The van der Waals surface area contributed by atoms with Crippen molar-refractivity contribution < 1.29 is 33.3 Å². The second-order valence-electron chi connectivity index (χ2n) is 15.0. The van der Waals surface area contributed by atoms with Crippen LogP contribution >= 0.6 is 23.4 Å². The Balaban J connectivity index is 1.10. The van der Waals surface area contributed by atoms with E-state index < -0.39 is 41.5 Å². The highest BCUT2D eigenvalue weighted by Crippen LogP contribution is 2.52. The minimum Gasteiger partial charge on any atom is -0.491 e. The molecule has 0 radical (unpaired) electrons. The average molecular weight is 757 g/mol. The fourth-order valence-electron chi connectivity index (χ4n) is 7.35. The number of carbonyl (C=O) groups is 3. The minimum atomic E-state index is -0.969. The number of likely N-dealkylation sites (tertiary alicyclic amines) is 1. The van der Waals surface area contributed by atoms with Crippen LogP contribution < -0.4 is 20.5 Å². The highest BCUT2D eigenvalue weighted by atomic mass is 35.5. The number of nitrogens with one attached hydrogen (secondary N) is 2. The topological polar surface area (TPSA) is 187 Å². The van der Waals surface area contributed by atoms with Crippen LogP contribution in [0.25, 0.3) is 10.9 Å². The van der Waals surface area contributed by atoms with Gasteiger partial charge in [0, 0.05) is 37.5 Å². The van der Waals surface area contributed by atoms with Crippen molar-refractivity contribution in [2.45, 2.75) is 80.9 Å². The van der Waals surface area contributed by atoms with Crippen molar-refractivity contribution in [2.75, 3.05) is 46.0 Å². The summed E-state index contributed by atoms with van der Waals surface area (Å²) in [5, 5.41) is 12.7. The molecule has 2 saturated carbocycles. The third-order valence-electron chi connectivity index (χ3n) is 10.2. The lowest BCUT2D eigenvalue weighted by Gasteiger charge is -2.35. The average Bonchev–Trinajstić information content (AvgIpc) is 3.46. The number of aromatic amines is 1. The van der Waals surface area contributed by atoms with E-state index in [0.29, 0.717) is 69.3 Å². The number of aromatic nitrogens is 4. The number of carbonyl (C=O) groups excluding carboxylic acids is 3. The molecular formula is C35H45ClN8O7S. The fraction of sp³-hybridized carbons (Fsp3) is 0.600. The number of morpholine rings is 1. The molecule has 280 valence electrons. The van der Waals surface area contributed by atoms with Gasteiger partial charge in [-0.2, -0.15) is 0 Å². The van der Waals surface area contributed by atoms with E-state index in [4.69, 9.17) is 41.3 Å². The monoisotopic (exact) mass is 756 g/mol. The van der Waals surface area contributed by atoms with Crippen LogP contribution in [0, 0.1) is 17.3 Å². The van der Waals surface area contributed by atoms with E-state index in [0.717, 1.165) is 32.5 Å². The Morgan fingerprint density at radius 2 is 1.88 bits per heavy atom. The number of pyridine rings is 1. The molecule has 4 aliphatic rings. The summed E-state index contributed by atoms with van der Waals surface area (Å²) in [5.41, 5.74) is 5.63. The van der Waals surface area contributed by atoms with E-state index in [1.807, 2.05) is 26.8 Å². The number of H-pyrrole nitrogens is 1. The lowest BCUT2D eigenvalue weighted by Crippen LogP contribution is -2.57. The molecule has 4 N–H and O–H groups in total. The molecule has 1 aromatic carbocycles. The molecule has 17 heteroatoms. The van der Waals surface area contributed by atoms with Crippen molar-refractivity contribution in [3.63, 3.8) is 0 Å². The van der Waals surface area contributed by atoms with E-state index in [1.54, 1.807) is 12.1 Å². The van der Waals surface area contributed by atoms with Crippen LogP contribution in [0.1, 0.15) is 46.5 Å². The van der Waals surface area contributed by atoms with Gasteiger partial charge in [-0.1, -0.05) is 32.4 Å². The third-order valence-corrected chi connectivity index (χ3v) is 11.4. The van der Waals surface area contributed by atoms with Gasteiger partial charge in [-0.3, -0.25) is 14.5 Å². The second-order valence-corrected chi connectivity index (χ2v) is 16.4. The van der Waals surface area contributed by atoms with E-state index >= 15 is 0 Å². The summed E-state index contributed by atoms with van der Waals surface area (Å²) < 4.78 is 23.8. The van der Waals surface area contributed by atoms with Gasteiger partial charge in [-0.25, -0.2) is 9.78 Å². The Bertz CT molecular complexity index is 1780. The van der Waals surface area contributed by atoms with Crippen molar-refractivity contribution in [2.24, 2.45) is 23.0 Å². The van der Waals surface area contributed by atoms with Crippen LogP contribution in [0.4, 0.5) is 4.79 Å². The summed E-state index contributed by atoms with van der Waals surface area (Å²) in [5.74, 6) is 1.11. The largest absolute Gasteiger partial charge is 0.491 e. The molecule has 6 atom stereocenters. The Kier molecular flexibility index (Phi) is 10.7. The van der Waals surface area contributed by atoms with Crippen molar-refractivity contribution in [3.8, 4) is 11.5 Å². The van der Waals surface area contributed by atoms with Crippen LogP contribution in [0.3, 0.4) is 0 Å². The molecular weight excluding hydrogens is 712 g/mol. The number of nitrogens with zero attached hydrogens (tertiary/aromatic N) is 5. The van der Waals surface area contributed by atoms with Crippen LogP contribution in [-0.4, -0.2) is 118 Å². The third kappa shape index (κ3) is 8.35. The number of benzene rings is 1. The van der Waals surface area contributed by atoms with Gasteiger partial charge in [0.25, 0.3) is 0 Å². The first-order chi connectivity index (χ1) is 24.9. The van der Waals surface area contributed by atoms with Crippen LogP contribution in [0.5, 0.6) is 11.5 Å². The van der Waals surface area contributed by atoms with Crippen LogP contribution in [0.2, 0.25) is 5.02 Å². The lowest BCUT2D eigenvalue weighted by atomic mass is 9.85. The van der Waals surface area contributed by atoms with E-state index in [9.17, 15) is 14.4 Å². The Morgan fingerprint density at radius 3 is 2.58 bits per heavy atom. The number of nitrogens with two attached hydrogens (primary N) is 1. The van der Waals surface area contributed by atoms with Crippen molar-refractivity contribution in [1.82, 2.24) is 35.3 Å². The molecule has 0 bridgehead atoms. The van der Waals surface area contributed by atoms with Gasteiger partial charge in [0.2, 0.25) is 11.8 Å². The second kappa shape index (κ2) is 15.2. The first-order valence-corrected chi connectivity index (χ1v) is 19.0. The summed E-state index contributed by atoms with van der Waals surface area (Å²) in [7, 11) is 0. The van der Waals surface area contributed by atoms with Crippen molar-refractivity contribution >= 4 is 52.2 Å². The standard InChI is InChI=1S/C35H45ClN8O7S/c1-35(2,3)30(41-34(47)51-21-13-19-12-20(19)14-21)32(46)44-17-22(15-24(44)31(37)45)50-26-16-27(52-33-38-18-39-42-33)40-29-23(26)4-5-25(28(29)36)49-11-8-43-6-9-48-10-7-43/h4-5,16,18-22,24,30H,6-15,17H2,1-3H3,(H2,37,45)(H,41,47)(H,38,39,42)/t19-,20+,21+,22?,24-,30+/m0/s1. The normalized spacial score (nSPS) is 25.1. The van der Waals surface area contributed by atoms with Gasteiger partial charge in [-0.15, -0.1) is 10.2 Å². The highest BCUT2D eigenvalue weighted by Gasteiger charge is 2.48. The summed E-state index contributed by atoms with van der Waals surface area (Å²) in [6.45, 7) is 9.88. The number of hydrogen-bond donors (Lipinski definition) is 3. The maximum Gasteiger partial charge on any atom is 0.408 e. The SMILES string of the molecule is CC(C)(C)[C@H](NC(=O)O[C@@H]1C[C@@H]2C[C@@H]2C1)C(=O)N1CC(Oc2cc(Sc3nnc[nH]3)nc3c(Cl)c(OCCN4CCOCC4)ccc23)C[C@H]1C(N)=O. The van der Waals surface area contributed by atoms with E-state index in [1.165, 1.54) is 29.4 Å². The molecule has 2 aromatic heterocycles. The molecule has 3 aromatic rings. The van der Waals surface area contributed by atoms with E-state index in [2.05, 4.69) is 25.4 Å². The van der Waals surface area contributed by atoms with E-state index in [-0.39, 0.29) is 19.1 Å². The number of rotatable bonds is 12. The maximum atomic E-state index is 14.2. The van der Waals surface area contributed by atoms with Gasteiger partial charge in [0.15, 0.2) is 5.16 Å². The summed E-state index contributed by atoms with van der Waals surface area (Å²) >= 11 is 8.18. The molecule has 2 saturated heterocycles. The quantitative estimate of drug-likeness (QED) is 0.244. The number of fused-ring (bicyclic) bond motifs is 2. The van der Waals surface area contributed by atoms with Crippen molar-refractivity contribution in [3.05, 3.63) is 29.5 Å². The Labute approximate surface area is 311 Å². The van der Waals surface area contributed by atoms with Crippen LogP contribution in [0.15, 0.2) is 34.7 Å². The van der Waals surface area contributed by atoms with Crippen LogP contribution in [-0.2, 0) is 19.1 Å². The smallest absolute Gasteiger partial charge is 0.408 e. The van der Waals surface area contributed by atoms with Gasteiger partial charge in [0.05, 0.1) is 25.3 Å². The number of amides is 3. The maximum absolute atomic E-state index is 14.2. The van der Waals surface area contributed by atoms with Gasteiger partial charge in [-0.05, 0) is 60.4 Å². The molecule has 0 spiro atoms. The molecule has 4 heterocycles. The lowest BCUT2D eigenvalue weighted by molar-refractivity contribution is -0.141.